The second-order valence-electron chi connectivity index (χ2n) is 10.1. The molecule has 0 N–H and O–H groups in total. The van der Waals surface area contributed by atoms with E-state index in [2.05, 4.69) is 62.3 Å². The van der Waals surface area contributed by atoms with Crippen molar-refractivity contribution in [2.45, 2.75) is 87.2 Å². The Morgan fingerprint density at radius 2 is 1.52 bits per heavy atom. The number of hydrogen-bond donors (Lipinski definition) is 0. The molecule has 122 valence electrons. The average Bonchev–Trinajstić information content (AvgIpc) is 2.23. The predicted octanol–water partition coefficient (Wildman–Crippen LogP) is 6.19. The normalized spacial score (nSPS) is 33.5. The Morgan fingerprint density at radius 1 is 0.952 bits per heavy atom. The SMILES string of the molecule is C[C@@H]1CC[C@@H]2[C@@H](C1)C(C(C)(C)C)=C(C(C)(C)C)OC2(C)C. The second kappa shape index (κ2) is 5.03. The minimum absolute atomic E-state index is 0.0256. The van der Waals surface area contributed by atoms with Crippen molar-refractivity contribution in [1.82, 2.24) is 0 Å². The lowest BCUT2D eigenvalue weighted by Crippen LogP contribution is -2.49. The van der Waals surface area contributed by atoms with Gasteiger partial charge < -0.3 is 4.74 Å². The smallest absolute Gasteiger partial charge is 0.106 e. The zero-order valence-electron chi connectivity index (χ0n) is 15.8. The van der Waals surface area contributed by atoms with Gasteiger partial charge in [0, 0.05) is 11.3 Å². The molecule has 0 unspecified atom stereocenters. The van der Waals surface area contributed by atoms with Crippen LogP contribution in [-0.2, 0) is 4.74 Å². The Balaban J connectivity index is 2.60. The molecule has 1 saturated carbocycles. The van der Waals surface area contributed by atoms with E-state index in [1.807, 2.05) is 0 Å². The van der Waals surface area contributed by atoms with Crippen LogP contribution in [0.1, 0.15) is 81.6 Å². The zero-order chi connectivity index (χ0) is 16.2. The molecule has 3 atom stereocenters. The molecule has 0 saturated heterocycles. The van der Waals surface area contributed by atoms with Crippen molar-refractivity contribution in [3.05, 3.63) is 11.3 Å². The summed E-state index contributed by atoms with van der Waals surface area (Å²) < 4.78 is 6.66. The van der Waals surface area contributed by atoms with Crippen LogP contribution in [0.3, 0.4) is 0 Å². The first kappa shape index (κ1) is 16.9. The van der Waals surface area contributed by atoms with E-state index in [0.29, 0.717) is 11.8 Å². The minimum Gasteiger partial charge on any atom is -0.491 e. The van der Waals surface area contributed by atoms with E-state index >= 15 is 0 Å². The Bertz CT molecular complexity index is 428. The summed E-state index contributed by atoms with van der Waals surface area (Å²) in [6.45, 7) is 21.1. The quantitative estimate of drug-likeness (QED) is 0.517. The van der Waals surface area contributed by atoms with Gasteiger partial charge in [0.2, 0.25) is 0 Å². The van der Waals surface area contributed by atoms with Gasteiger partial charge in [-0.3, -0.25) is 0 Å². The molecule has 1 aliphatic carbocycles. The monoisotopic (exact) mass is 292 g/mol. The van der Waals surface area contributed by atoms with Crippen LogP contribution in [-0.4, -0.2) is 5.60 Å². The Hall–Kier alpha value is -0.460. The van der Waals surface area contributed by atoms with Crippen LogP contribution in [0.25, 0.3) is 0 Å². The van der Waals surface area contributed by atoms with Crippen LogP contribution in [0, 0.1) is 28.6 Å². The molecule has 1 nitrogen and oxygen atoms in total. The Labute approximate surface area is 132 Å². The number of rotatable bonds is 0. The fourth-order valence-electron chi connectivity index (χ4n) is 4.55. The van der Waals surface area contributed by atoms with Crippen molar-refractivity contribution in [2.24, 2.45) is 28.6 Å². The van der Waals surface area contributed by atoms with E-state index in [0.717, 1.165) is 5.92 Å². The lowest BCUT2D eigenvalue weighted by molar-refractivity contribution is -0.0966. The first-order chi connectivity index (χ1) is 9.34. The molecular formula is C20H36O. The molecule has 0 amide bonds. The van der Waals surface area contributed by atoms with E-state index in [9.17, 15) is 0 Å². The predicted molar refractivity (Wildman–Crippen MR) is 91.1 cm³/mol. The lowest BCUT2D eigenvalue weighted by Gasteiger charge is -2.54. The highest BCUT2D eigenvalue weighted by atomic mass is 16.5. The minimum atomic E-state index is -0.0256. The summed E-state index contributed by atoms with van der Waals surface area (Å²) in [6.07, 6.45) is 4.01. The molecule has 2 aliphatic rings. The molecule has 0 aromatic rings. The molecule has 1 fully saturated rings. The summed E-state index contributed by atoms with van der Waals surface area (Å²) in [4.78, 5) is 0. The number of ether oxygens (including phenoxy) is 1. The largest absolute Gasteiger partial charge is 0.491 e. The molecule has 0 aromatic carbocycles. The van der Waals surface area contributed by atoms with E-state index < -0.39 is 0 Å². The van der Waals surface area contributed by atoms with Gasteiger partial charge in [-0.1, -0.05) is 54.9 Å². The maximum absolute atomic E-state index is 6.66. The third-order valence-corrected chi connectivity index (χ3v) is 5.48. The Kier molecular flexibility index (Phi) is 4.05. The average molecular weight is 293 g/mol. The molecule has 0 bridgehead atoms. The number of allylic oxidation sites excluding steroid dienone is 2. The maximum atomic E-state index is 6.66. The van der Waals surface area contributed by atoms with Crippen LogP contribution in [0.15, 0.2) is 11.3 Å². The first-order valence-electron chi connectivity index (χ1n) is 8.78. The summed E-state index contributed by atoms with van der Waals surface area (Å²) >= 11 is 0. The highest BCUT2D eigenvalue weighted by Gasteiger charge is 2.50. The van der Waals surface area contributed by atoms with Gasteiger partial charge in [-0.15, -0.1) is 0 Å². The van der Waals surface area contributed by atoms with E-state index in [1.165, 1.54) is 25.0 Å². The molecular weight excluding hydrogens is 256 g/mol. The molecule has 0 spiro atoms. The topological polar surface area (TPSA) is 9.23 Å². The van der Waals surface area contributed by atoms with Gasteiger partial charge in [0.1, 0.15) is 11.4 Å². The summed E-state index contributed by atoms with van der Waals surface area (Å²) in [6, 6.07) is 0. The highest BCUT2D eigenvalue weighted by Crippen LogP contribution is 2.56. The van der Waals surface area contributed by atoms with E-state index in [1.54, 1.807) is 5.57 Å². The van der Waals surface area contributed by atoms with Gasteiger partial charge >= 0.3 is 0 Å². The van der Waals surface area contributed by atoms with Crippen molar-refractivity contribution in [2.75, 3.05) is 0 Å². The van der Waals surface area contributed by atoms with Gasteiger partial charge in [-0.2, -0.15) is 0 Å². The lowest BCUT2D eigenvalue weighted by atomic mass is 9.59. The molecule has 1 heterocycles. The summed E-state index contributed by atoms with van der Waals surface area (Å²) in [5, 5.41) is 0. The summed E-state index contributed by atoms with van der Waals surface area (Å²) in [5.74, 6) is 3.50. The third kappa shape index (κ3) is 3.17. The molecule has 1 heteroatoms. The van der Waals surface area contributed by atoms with Crippen molar-refractivity contribution in [1.29, 1.82) is 0 Å². The molecule has 0 radical (unpaired) electrons. The molecule has 2 rings (SSSR count). The molecule has 21 heavy (non-hydrogen) atoms. The van der Waals surface area contributed by atoms with Gasteiger partial charge in [0.15, 0.2) is 0 Å². The van der Waals surface area contributed by atoms with Gasteiger partial charge in [-0.25, -0.2) is 0 Å². The first-order valence-corrected chi connectivity index (χ1v) is 8.78. The van der Waals surface area contributed by atoms with Crippen LogP contribution in [0.4, 0.5) is 0 Å². The van der Waals surface area contributed by atoms with Crippen LogP contribution in [0.5, 0.6) is 0 Å². The second-order valence-corrected chi connectivity index (χ2v) is 10.1. The van der Waals surface area contributed by atoms with Crippen molar-refractivity contribution in [3.8, 4) is 0 Å². The van der Waals surface area contributed by atoms with Crippen LogP contribution < -0.4 is 0 Å². The Morgan fingerprint density at radius 3 is 2.00 bits per heavy atom. The maximum Gasteiger partial charge on any atom is 0.106 e. The summed E-state index contributed by atoms with van der Waals surface area (Å²) in [5.41, 5.74) is 1.86. The van der Waals surface area contributed by atoms with Crippen molar-refractivity contribution >= 4 is 0 Å². The highest BCUT2D eigenvalue weighted by molar-refractivity contribution is 5.28. The molecule has 0 aromatic heterocycles. The van der Waals surface area contributed by atoms with E-state index in [4.69, 9.17) is 4.74 Å². The van der Waals surface area contributed by atoms with Gasteiger partial charge in [0.05, 0.1) is 0 Å². The number of hydrogen-bond acceptors (Lipinski definition) is 1. The third-order valence-electron chi connectivity index (χ3n) is 5.48. The van der Waals surface area contributed by atoms with E-state index in [-0.39, 0.29) is 16.4 Å². The number of fused-ring (bicyclic) bond motifs is 1. The molecule has 1 aliphatic heterocycles. The van der Waals surface area contributed by atoms with Crippen molar-refractivity contribution < 1.29 is 4.74 Å². The standard InChI is InChI=1S/C20H36O/c1-13-10-11-15-14(12-13)16(18(2,3)4)17(19(5,6)7)21-20(15,8)9/h13-15H,10-12H2,1-9H3/t13-,14-,15-/m1/s1. The van der Waals surface area contributed by atoms with Gasteiger partial charge in [0.25, 0.3) is 0 Å². The van der Waals surface area contributed by atoms with Crippen molar-refractivity contribution in [3.63, 3.8) is 0 Å². The van der Waals surface area contributed by atoms with Gasteiger partial charge in [-0.05, 0) is 49.5 Å². The van der Waals surface area contributed by atoms with Crippen LogP contribution in [0.2, 0.25) is 0 Å². The zero-order valence-corrected chi connectivity index (χ0v) is 15.8. The fraction of sp³-hybridized carbons (Fsp3) is 0.900. The fourth-order valence-corrected chi connectivity index (χ4v) is 4.55. The summed E-state index contributed by atoms with van der Waals surface area (Å²) in [7, 11) is 0. The van der Waals surface area contributed by atoms with Crippen LogP contribution >= 0.6 is 0 Å².